The lowest BCUT2D eigenvalue weighted by Gasteiger charge is -2.39. The molecule has 0 aliphatic heterocycles. The molecule has 2 atom stereocenters. The highest BCUT2D eigenvalue weighted by Crippen LogP contribution is 2.71. The van der Waals surface area contributed by atoms with Crippen molar-refractivity contribution in [2.24, 2.45) is 21.4 Å². The zero-order valence-electron chi connectivity index (χ0n) is 18.6. The molecule has 0 heterocycles. The van der Waals surface area contributed by atoms with Gasteiger partial charge in [0.2, 0.25) is 5.91 Å². The van der Waals surface area contributed by atoms with Crippen LogP contribution in [-0.2, 0) is 9.63 Å². The van der Waals surface area contributed by atoms with Crippen LogP contribution < -0.4 is 5.32 Å². The molecule has 0 saturated heterocycles. The van der Waals surface area contributed by atoms with Gasteiger partial charge in [-0.3, -0.25) is 4.79 Å². The number of halogens is 2. The van der Waals surface area contributed by atoms with E-state index in [9.17, 15) is 9.59 Å². The number of rotatable bonds is 4. The molecule has 0 spiro atoms. The first-order chi connectivity index (χ1) is 15.0. The second-order valence-corrected chi connectivity index (χ2v) is 10.4. The summed E-state index contributed by atoms with van der Waals surface area (Å²) in [5.74, 6) is -0.628. The summed E-state index contributed by atoms with van der Waals surface area (Å²) in [5.41, 5.74) is 1.27. The Hall–Kier alpha value is -2.37. The number of oxime groups is 1. The average Bonchev–Trinajstić information content (AvgIpc) is 3.05. The summed E-state index contributed by atoms with van der Waals surface area (Å²) < 4.78 is 0. The van der Waals surface area contributed by atoms with E-state index in [0.717, 1.165) is 17.7 Å². The lowest BCUT2D eigenvalue weighted by atomic mass is 9.64. The van der Waals surface area contributed by atoms with Crippen molar-refractivity contribution in [2.75, 3.05) is 5.32 Å². The number of carbonyl (C=O) groups excluding carboxylic acids is 2. The van der Waals surface area contributed by atoms with E-state index in [1.54, 1.807) is 30.3 Å². The molecule has 32 heavy (non-hydrogen) atoms. The van der Waals surface area contributed by atoms with Gasteiger partial charge in [0, 0.05) is 16.9 Å². The Balaban J connectivity index is 1.60. The summed E-state index contributed by atoms with van der Waals surface area (Å²) in [7, 11) is 0. The monoisotopic (exact) mass is 472 g/mol. The summed E-state index contributed by atoms with van der Waals surface area (Å²) >= 11 is 12.4. The zero-order valence-corrected chi connectivity index (χ0v) is 20.1. The summed E-state index contributed by atoms with van der Waals surface area (Å²) in [6, 6.07) is 12.1. The third-order valence-corrected chi connectivity index (χ3v) is 8.44. The number of benzene rings is 2. The van der Waals surface area contributed by atoms with Crippen LogP contribution in [0.15, 0.2) is 47.6 Å². The van der Waals surface area contributed by atoms with Gasteiger partial charge in [-0.2, -0.15) is 0 Å². The predicted octanol–water partition coefficient (Wildman–Crippen LogP) is 6.67. The van der Waals surface area contributed by atoms with Gasteiger partial charge in [-0.1, -0.05) is 66.8 Å². The van der Waals surface area contributed by atoms with Crippen LogP contribution in [-0.4, -0.2) is 17.6 Å². The molecule has 1 N–H and O–H groups in total. The van der Waals surface area contributed by atoms with Gasteiger partial charge in [0.1, 0.15) is 0 Å². The minimum atomic E-state index is -0.692. The van der Waals surface area contributed by atoms with E-state index in [-0.39, 0.29) is 11.3 Å². The normalized spacial score (nSPS) is 26.9. The van der Waals surface area contributed by atoms with Crippen LogP contribution >= 0.6 is 23.2 Å². The molecule has 7 heteroatoms. The number of hydrogen-bond donors (Lipinski definition) is 1. The van der Waals surface area contributed by atoms with Crippen molar-refractivity contribution in [3.63, 3.8) is 0 Å². The first-order valence-electron chi connectivity index (χ1n) is 10.6. The maximum Gasteiger partial charge on any atom is 0.365 e. The van der Waals surface area contributed by atoms with Gasteiger partial charge in [-0.15, -0.1) is 0 Å². The maximum absolute atomic E-state index is 13.6. The molecule has 2 aliphatic rings. The van der Waals surface area contributed by atoms with E-state index < -0.39 is 16.8 Å². The SMILES string of the molecule is Cc1ccc(C(=O)O/N=C2\CC3(C(=O)Nc4cc(Cl)ccc4Cl)CCC2(C)C3(C)C)cc1. The van der Waals surface area contributed by atoms with Crippen molar-refractivity contribution in [2.45, 2.75) is 47.0 Å². The van der Waals surface area contributed by atoms with Crippen molar-refractivity contribution < 1.29 is 14.4 Å². The van der Waals surface area contributed by atoms with Gasteiger partial charge in [0.05, 0.1) is 27.4 Å². The quantitative estimate of drug-likeness (QED) is 0.398. The molecule has 5 nitrogen and oxygen atoms in total. The molecule has 2 fully saturated rings. The van der Waals surface area contributed by atoms with Gasteiger partial charge in [-0.25, -0.2) is 4.79 Å². The molecule has 2 unspecified atom stereocenters. The minimum Gasteiger partial charge on any atom is -0.324 e. The van der Waals surface area contributed by atoms with Gasteiger partial charge >= 0.3 is 5.97 Å². The second-order valence-electron chi connectivity index (χ2n) is 9.58. The van der Waals surface area contributed by atoms with Crippen LogP contribution in [0.1, 0.15) is 56.0 Å². The third kappa shape index (κ3) is 3.43. The Bertz CT molecular complexity index is 1130. The van der Waals surface area contributed by atoms with E-state index in [2.05, 4.69) is 31.2 Å². The number of carbonyl (C=O) groups is 2. The van der Waals surface area contributed by atoms with E-state index in [0.29, 0.717) is 34.1 Å². The number of anilines is 1. The fraction of sp³-hybridized carbons (Fsp3) is 0.400. The lowest BCUT2D eigenvalue weighted by Crippen LogP contribution is -2.43. The molecule has 2 bridgehead atoms. The van der Waals surface area contributed by atoms with Crippen LogP contribution in [0, 0.1) is 23.2 Å². The Labute approximate surface area is 198 Å². The van der Waals surface area contributed by atoms with Crippen LogP contribution in [0.3, 0.4) is 0 Å². The Morgan fingerprint density at radius 2 is 1.72 bits per heavy atom. The Morgan fingerprint density at radius 3 is 2.41 bits per heavy atom. The van der Waals surface area contributed by atoms with Crippen LogP contribution in [0.5, 0.6) is 0 Å². The highest BCUT2D eigenvalue weighted by atomic mass is 35.5. The van der Waals surface area contributed by atoms with Crippen molar-refractivity contribution in [3.05, 3.63) is 63.6 Å². The molecular formula is C25H26Cl2N2O3. The van der Waals surface area contributed by atoms with Gasteiger partial charge in [-0.05, 0) is 55.5 Å². The van der Waals surface area contributed by atoms with Crippen molar-refractivity contribution in [3.8, 4) is 0 Å². The molecule has 2 aliphatic carbocycles. The second kappa shape index (κ2) is 7.89. The van der Waals surface area contributed by atoms with E-state index in [4.69, 9.17) is 28.0 Å². The molecule has 2 saturated carbocycles. The van der Waals surface area contributed by atoms with Crippen molar-refractivity contribution in [1.29, 1.82) is 0 Å². The zero-order chi connectivity index (χ0) is 23.3. The summed E-state index contributed by atoms with van der Waals surface area (Å²) in [6.45, 7) is 8.22. The lowest BCUT2D eigenvalue weighted by molar-refractivity contribution is -0.130. The third-order valence-electron chi connectivity index (χ3n) is 7.87. The Kier molecular flexibility index (Phi) is 5.62. The van der Waals surface area contributed by atoms with Crippen molar-refractivity contribution >= 4 is 46.5 Å². The fourth-order valence-electron chi connectivity index (χ4n) is 5.20. The number of hydrogen-bond acceptors (Lipinski definition) is 4. The fourth-order valence-corrected chi connectivity index (χ4v) is 5.53. The largest absolute Gasteiger partial charge is 0.365 e. The Morgan fingerprint density at radius 1 is 1.03 bits per heavy atom. The van der Waals surface area contributed by atoms with Gasteiger partial charge in [0.15, 0.2) is 0 Å². The number of aryl methyl sites for hydroxylation is 1. The summed E-state index contributed by atoms with van der Waals surface area (Å²) in [6.07, 6.45) is 1.91. The number of amides is 1. The van der Waals surface area contributed by atoms with Crippen LogP contribution in [0.25, 0.3) is 0 Å². The van der Waals surface area contributed by atoms with Gasteiger partial charge in [0.25, 0.3) is 0 Å². The first-order valence-corrected chi connectivity index (χ1v) is 11.4. The number of nitrogens with zero attached hydrogens (tertiary/aromatic N) is 1. The molecule has 0 radical (unpaired) electrons. The average molecular weight is 473 g/mol. The minimum absolute atomic E-state index is 0.120. The molecule has 2 aromatic carbocycles. The number of nitrogens with one attached hydrogen (secondary N) is 1. The molecule has 0 aromatic heterocycles. The molecule has 168 valence electrons. The standard InChI is InChI=1S/C25H26Cl2N2O3/c1-15-5-7-16(8-6-15)21(30)32-29-20-14-25(12-11-24(20,4)23(25,2)3)22(31)28-19-13-17(26)9-10-18(19)27/h5-10,13H,11-12,14H2,1-4H3,(H,28,31)/b29-20+. The summed E-state index contributed by atoms with van der Waals surface area (Å²) in [5, 5.41) is 8.18. The topological polar surface area (TPSA) is 67.8 Å². The highest BCUT2D eigenvalue weighted by Gasteiger charge is 2.71. The first kappa shape index (κ1) is 22.8. The molecular weight excluding hydrogens is 447 g/mol. The van der Waals surface area contributed by atoms with Crippen LogP contribution in [0.2, 0.25) is 10.0 Å². The van der Waals surface area contributed by atoms with E-state index >= 15 is 0 Å². The van der Waals surface area contributed by atoms with Crippen molar-refractivity contribution in [1.82, 2.24) is 0 Å². The smallest absolute Gasteiger partial charge is 0.324 e. The summed E-state index contributed by atoms with van der Waals surface area (Å²) in [4.78, 5) is 31.4. The predicted molar refractivity (Wildman–Crippen MR) is 127 cm³/mol. The van der Waals surface area contributed by atoms with Gasteiger partial charge < -0.3 is 10.2 Å². The van der Waals surface area contributed by atoms with E-state index in [1.807, 2.05) is 19.1 Å². The molecule has 1 amide bonds. The highest BCUT2D eigenvalue weighted by molar-refractivity contribution is 6.35. The van der Waals surface area contributed by atoms with Crippen LogP contribution in [0.4, 0.5) is 5.69 Å². The maximum atomic E-state index is 13.6. The molecule has 4 rings (SSSR count). The van der Waals surface area contributed by atoms with E-state index in [1.165, 1.54) is 0 Å². The number of fused-ring (bicyclic) bond motifs is 2. The molecule has 2 aromatic rings.